The standard InChI is InChI=1S/C14H14O5/c1-8(15)14-10(11(17)6-7-12(14)18)4-3-5-13(14)19-9(2)16/h3,5-7,10,13H,4H2,1-2H3/t10-,13-,14-/m1/s1. The van der Waals surface area contributed by atoms with Gasteiger partial charge in [0.05, 0.1) is 0 Å². The lowest BCUT2D eigenvalue weighted by Gasteiger charge is -2.43. The molecule has 5 heteroatoms. The van der Waals surface area contributed by atoms with Crippen LogP contribution in [0.15, 0.2) is 24.3 Å². The van der Waals surface area contributed by atoms with Crippen LogP contribution in [0.25, 0.3) is 0 Å². The summed E-state index contributed by atoms with van der Waals surface area (Å²) in [6.45, 7) is 2.46. The van der Waals surface area contributed by atoms with Gasteiger partial charge in [0.25, 0.3) is 0 Å². The van der Waals surface area contributed by atoms with Crippen LogP contribution in [0.4, 0.5) is 0 Å². The van der Waals surface area contributed by atoms with Gasteiger partial charge in [-0.15, -0.1) is 0 Å². The fourth-order valence-corrected chi connectivity index (χ4v) is 2.87. The molecule has 0 fully saturated rings. The number of Topliss-reactive ketones (excluding diaryl/α,β-unsaturated/α-hetero) is 1. The van der Waals surface area contributed by atoms with E-state index in [9.17, 15) is 19.2 Å². The quantitative estimate of drug-likeness (QED) is 0.417. The largest absolute Gasteiger partial charge is 0.457 e. The molecule has 0 unspecified atom stereocenters. The van der Waals surface area contributed by atoms with Crippen LogP contribution >= 0.6 is 0 Å². The highest BCUT2D eigenvalue weighted by atomic mass is 16.5. The highest BCUT2D eigenvalue weighted by Crippen LogP contribution is 2.44. The summed E-state index contributed by atoms with van der Waals surface area (Å²) in [5, 5.41) is 0. The molecule has 0 aromatic rings. The van der Waals surface area contributed by atoms with Crippen LogP contribution in [0.2, 0.25) is 0 Å². The van der Waals surface area contributed by atoms with Crippen molar-refractivity contribution in [2.45, 2.75) is 26.4 Å². The highest BCUT2D eigenvalue weighted by molar-refractivity contribution is 6.20. The Morgan fingerprint density at radius 2 is 1.95 bits per heavy atom. The topological polar surface area (TPSA) is 77.5 Å². The molecule has 0 saturated carbocycles. The van der Waals surface area contributed by atoms with E-state index in [0.29, 0.717) is 6.42 Å². The van der Waals surface area contributed by atoms with Crippen molar-refractivity contribution in [1.29, 1.82) is 0 Å². The summed E-state index contributed by atoms with van der Waals surface area (Å²) in [5.74, 6) is -2.57. The Morgan fingerprint density at radius 3 is 2.53 bits per heavy atom. The van der Waals surface area contributed by atoms with Gasteiger partial charge in [0.2, 0.25) is 0 Å². The first-order valence-corrected chi connectivity index (χ1v) is 6.02. The molecule has 0 aromatic carbocycles. The van der Waals surface area contributed by atoms with Gasteiger partial charge in [0.15, 0.2) is 11.6 Å². The maximum Gasteiger partial charge on any atom is 0.303 e. The Kier molecular flexibility index (Phi) is 3.22. The summed E-state index contributed by atoms with van der Waals surface area (Å²) in [4.78, 5) is 47.4. The fourth-order valence-electron chi connectivity index (χ4n) is 2.87. The molecule has 19 heavy (non-hydrogen) atoms. The van der Waals surface area contributed by atoms with Gasteiger partial charge in [-0.1, -0.05) is 6.08 Å². The summed E-state index contributed by atoms with van der Waals surface area (Å²) >= 11 is 0. The predicted molar refractivity (Wildman–Crippen MR) is 65.1 cm³/mol. The van der Waals surface area contributed by atoms with E-state index in [1.807, 2.05) is 0 Å². The molecule has 0 N–H and O–H groups in total. The maximum atomic E-state index is 12.2. The van der Waals surface area contributed by atoms with Gasteiger partial charge < -0.3 is 4.74 Å². The van der Waals surface area contributed by atoms with Crippen molar-refractivity contribution in [3.63, 3.8) is 0 Å². The summed E-state index contributed by atoms with van der Waals surface area (Å²) in [5.41, 5.74) is -1.59. The van der Waals surface area contributed by atoms with Crippen molar-refractivity contribution in [3.05, 3.63) is 24.3 Å². The summed E-state index contributed by atoms with van der Waals surface area (Å²) in [7, 11) is 0. The lowest BCUT2D eigenvalue weighted by molar-refractivity contribution is -0.165. The van der Waals surface area contributed by atoms with E-state index in [-0.39, 0.29) is 5.78 Å². The minimum Gasteiger partial charge on any atom is -0.457 e. The van der Waals surface area contributed by atoms with E-state index in [1.54, 1.807) is 6.08 Å². The molecule has 0 radical (unpaired) electrons. The van der Waals surface area contributed by atoms with Crippen molar-refractivity contribution < 1.29 is 23.9 Å². The molecular weight excluding hydrogens is 248 g/mol. The van der Waals surface area contributed by atoms with E-state index in [2.05, 4.69) is 0 Å². The molecule has 0 saturated heterocycles. The van der Waals surface area contributed by atoms with Crippen molar-refractivity contribution >= 4 is 23.3 Å². The second-order valence-electron chi connectivity index (χ2n) is 4.77. The Morgan fingerprint density at radius 1 is 1.26 bits per heavy atom. The van der Waals surface area contributed by atoms with E-state index in [0.717, 1.165) is 6.08 Å². The number of carbonyl (C=O) groups excluding carboxylic acids is 4. The van der Waals surface area contributed by atoms with Crippen molar-refractivity contribution in [3.8, 4) is 0 Å². The molecule has 0 amide bonds. The molecule has 2 aliphatic rings. The molecule has 0 heterocycles. The molecule has 2 rings (SSSR count). The molecule has 3 atom stereocenters. The SMILES string of the molecule is CC(=O)O[C@@H]1C=CC[C@@H]2C(=O)C=CC(=O)[C@@]21C(C)=O. The summed E-state index contributed by atoms with van der Waals surface area (Å²) in [6.07, 6.45) is 4.77. The van der Waals surface area contributed by atoms with Crippen LogP contribution in [0.3, 0.4) is 0 Å². The number of ketones is 3. The number of hydrogen-bond donors (Lipinski definition) is 0. The van der Waals surface area contributed by atoms with E-state index >= 15 is 0 Å². The molecule has 100 valence electrons. The summed E-state index contributed by atoms with van der Waals surface area (Å²) in [6, 6.07) is 0. The van der Waals surface area contributed by atoms with Gasteiger partial charge >= 0.3 is 5.97 Å². The van der Waals surface area contributed by atoms with Crippen LogP contribution in [0, 0.1) is 11.3 Å². The van der Waals surface area contributed by atoms with E-state index < -0.39 is 35.0 Å². The lowest BCUT2D eigenvalue weighted by atomic mass is 9.58. The summed E-state index contributed by atoms with van der Waals surface area (Å²) < 4.78 is 5.09. The van der Waals surface area contributed by atoms with Gasteiger partial charge in [0.1, 0.15) is 17.3 Å². The van der Waals surface area contributed by atoms with Crippen molar-refractivity contribution in [2.75, 3.05) is 0 Å². The number of allylic oxidation sites excluding steroid dienone is 3. The van der Waals surface area contributed by atoms with Gasteiger partial charge in [-0.25, -0.2) is 0 Å². The zero-order chi connectivity index (χ0) is 14.2. The maximum absolute atomic E-state index is 12.2. The number of hydrogen-bond acceptors (Lipinski definition) is 5. The van der Waals surface area contributed by atoms with Gasteiger partial charge in [-0.05, 0) is 31.6 Å². The smallest absolute Gasteiger partial charge is 0.303 e. The minimum absolute atomic E-state index is 0.281. The van der Waals surface area contributed by atoms with Crippen LogP contribution in [-0.4, -0.2) is 29.4 Å². The van der Waals surface area contributed by atoms with Crippen LogP contribution in [0.1, 0.15) is 20.3 Å². The predicted octanol–water partition coefficient (Wildman–Crippen LogP) is 0.778. The molecular formula is C14H14O5. The van der Waals surface area contributed by atoms with Crippen LogP contribution in [0.5, 0.6) is 0 Å². The molecule has 0 aromatic heterocycles. The third kappa shape index (κ3) is 1.85. The zero-order valence-electron chi connectivity index (χ0n) is 10.7. The van der Waals surface area contributed by atoms with Crippen LogP contribution < -0.4 is 0 Å². The number of esters is 1. The van der Waals surface area contributed by atoms with E-state index in [1.165, 1.54) is 26.0 Å². The van der Waals surface area contributed by atoms with Gasteiger partial charge in [-0.3, -0.25) is 19.2 Å². The Bertz CT molecular complexity index is 528. The van der Waals surface area contributed by atoms with Crippen LogP contribution in [-0.2, 0) is 23.9 Å². The van der Waals surface area contributed by atoms with E-state index in [4.69, 9.17) is 4.74 Å². The van der Waals surface area contributed by atoms with Crippen molar-refractivity contribution in [1.82, 2.24) is 0 Å². The van der Waals surface area contributed by atoms with Gasteiger partial charge in [0, 0.05) is 12.8 Å². The first-order valence-electron chi connectivity index (χ1n) is 6.02. The Hall–Kier alpha value is -2.04. The Labute approximate surface area is 110 Å². The monoisotopic (exact) mass is 262 g/mol. The van der Waals surface area contributed by atoms with Crippen molar-refractivity contribution in [2.24, 2.45) is 11.3 Å². The third-order valence-corrected chi connectivity index (χ3v) is 3.71. The Balaban J connectivity index is 2.59. The molecule has 0 aliphatic heterocycles. The number of rotatable bonds is 2. The number of ether oxygens (including phenoxy) is 1. The van der Waals surface area contributed by atoms with Gasteiger partial charge in [-0.2, -0.15) is 0 Å². The second kappa shape index (κ2) is 4.57. The second-order valence-corrected chi connectivity index (χ2v) is 4.77. The molecule has 0 bridgehead atoms. The molecule has 2 aliphatic carbocycles. The first-order chi connectivity index (χ1) is 8.90. The minimum atomic E-state index is -1.59. The normalized spacial score (nSPS) is 32.9. The fraction of sp³-hybridized carbons (Fsp3) is 0.429. The average molecular weight is 262 g/mol. The number of carbonyl (C=O) groups is 4. The highest BCUT2D eigenvalue weighted by Gasteiger charge is 2.59. The lowest BCUT2D eigenvalue weighted by Crippen LogP contribution is -2.58. The molecule has 0 spiro atoms. The first kappa shape index (κ1) is 13.4. The third-order valence-electron chi connectivity index (χ3n) is 3.71. The zero-order valence-corrected chi connectivity index (χ0v) is 10.7. The molecule has 5 nitrogen and oxygen atoms in total. The number of fused-ring (bicyclic) bond motifs is 1. The average Bonchev–Trinajstić information content (AvgIpc) is 2.33.